The van der Waals surface area contributed by atoms with Gasteiger partial charge in [0.15, 0.2) is 0 Å². The van der Waals surface area contributed by atoms with Crippen molar-refractivity contribution < 1.29 is 0 Å². The molecule has 0 saturated heterocycles. The first-order valence-electron chi connectivity index (χ1n) is 7.95. The van der Waals surface area contributed by atoms with E-state index in [9.17, 15) is 0 Å². The maximum atomic E-state index is 3.50. The largest absolute Gasteiger partial charge is 0.313 e. The van der Waals surface area contributed by atoms with Crippen molar-refractivity contribution in [3.8, 4) is 0 Å². The quantitative estimate of drug-likeness (QED) is 0.791. The molecule has 0 bridgehead atoms. The fourth-order valence-electron chi connectivity index (χ4n) is 3.34. The van der Waals surface area contributed by atoms with Crippen LogP contribution in [0.25, 0.3) is 0 Å². The Morgan fingerprint density at radius 2 is 1.84 bits per heavy atom. The molecule has 0 aliphatic heterocycles. The highest BCUT2D eigenvalue weighted by atomic mass is 14.9. The molecule has 0 radical (unpaired) electrons. The minimum atomic E-state index is 0.529. The van der Waals surface area contributed by atoms with Crippen molar-refractivity contribution in [3.05, 3.63) is 34.9 Å². The average molecular weight is 259 g/mol. The molecule has 1 aromatic carbocycles. The molecule has 1 aliphatic carbocycles. The number of rotatable bonds is 5. The Labute approximate surface area is 118 Å². The van der Waals surface area contributed by atoms with Gasteiger partial charge in [-0.1, -0.05) is 50.3 Å². The van der Waals surface area contributed by atoms with Crippen molar-refractivity contribution in [3.63, 3.8) is 0 Å². The molecular formula is C18H29N. The van der Waals surface area contributed by atoms with Crippen LogP contribution >= 0.6 is 0 Å². The normalized spacial score (nSPS) is 18.5. The van der Waals surface area contributed by atoms with Crippen molar-refractivity contribution in [2.75, 3.05) is 7.05 Å². The van der Waals surface area contributed by atoms with Gasteiger partial charge in [-0.25, -0.2) is 0 Å². The summed E-state index contributed by atoms with van der Waals surface area (Å²) in [7, 11) is 2.10. The van der Waals surface area contributed by atoms with Gasteiger partial charge in [0.2, 0.25) is 0 Å². The predicted molar refractivity (Wildman–Crippen MR) is 83.5 cm³/mol. The smallest absolute Gasteiger partial charge is 0.0317 e. The van der Waals surface area contributed by atoms with Gasteiger partial charge in [-0.3, -0.25) is 0 Å². The van der Waals surface area contributed by atoms with Crippen molar-refractivity contribution in [1.29, 1.82) is 0 Å². The second-order valence-electron chi connectivity index (χ2n) is 6.27. The van der Waals surface area contributed by atoms with Gasteiger partial charge in [0.05, 0.1) is 0 Å². The third-order valence-electron chi connectivity index (χ3n) is 4.87. The summed E-state index contributed by atoms with van der Waals surface area (Å²) in [6, 6.07) is 7.44. The number of hydrogen-bond donors (Lipinski definition) is 1. The summed E-state index contributed by atoms with van der Waals surface area (Å²) in [5.41, 5.74) is 4.27. The van der Waals surface area contributed by atoms with E-state index in [1.807, 2.05) is 0 Å². The minimum absolute atomic E-state index is 0.529. The monoisotopic (exact) mass is 259 g/mol. The van der Waals surface area contributed by atoms with Gasteiger partial charge in [0, 0.05) is 6.04 Å². The highest BCUT2D eigenvalue weighted by molar-refractivity contribution is 5.31. The Kier molecular flexibility index (Phi) is 5.45. The topological polar surface area (TPSA) is 12.0 Å². The molecule has 2 rings (SSSR count). The fraction of sp³-hybridized carbons (Fsp3) is 0.667. The van der Waals surface area contributed by atoms with Crippen LogP contribution in [-0.2, 0) is 0 Å². The maximum absolute atomic E-state index is 3.50. The van der Waals surface area contributed by atoms with E-state index in [-0.39, 0.29) is 0 Å². The molecule has 0 heterocycles. The van der Waals surface area contributed by atoms with Gasteiger partial charge in [-0.15, -0.1) is 0 Å². The summed E-state index contributed by atoms with van der Waals surface area (Å²) >= 11 is 0. The van der Waals surface area contributed by atoms with E-state index < -0.39 is 0 Å². The van der Waals surface area contributed by atoms with E-state index in [1.165, 1.54) is 61.6 Å². The maximum Gasteiger partial charge on any atom is 0.0317 e. The lowest BCUT2D eigenvalue weighted by molar-refractivity contribution is 0.317. The minimum Gasteiger partial charge on any atom is -0.313 e. The van der Waals surface area contributed by atoms with Crippen molar-refractivity contribution in [1.82, 2.24) is 5.32 Å². The molecule has 1 fully saturated rings. The van der Waals surface area contributed by atoms with E-state index in [1.54, 1.807) is 0 Å². The average Bonchev–Trinajstić information content (AvgIpc) is 2.44. The van der Waals surface area contributed by atoms with E-state index in [0.29, 0.717) is 6.04 Å². The first kappa shape index (κ1) is 14.6. The highest BCUT2D eigenvalue weighted by Gasteiger charge is 2.16. The molecule has 19 heavy (non-hydrogen) atoms. The van der Waals surface area contributed by atoms with Gasteiger partial charge in [-0.05, 0) is 56.3 Å². The van der Waals surface area contributed by atoms with E-state index in [2.05, 4.69) is 44.4 Å². The van der Waals surface area contributed by atoms with Crippen LogP contribution in [0.2, 0.25) is 0 Å². The van der Waals surface area contributed by atoms with E-state index >= 15 is 0 Å². The number of aryl methyl sites for hydroxylation is 2. The zero-order chi connectivity index (χ0) is 13.7. The van der Waals surface area contributed by atoms with Gasteiger partial charge in [0.25, 0.3) is 0 Å². The highest BCUT2D eigenvalue weighted by Crippen LogP contribution is 2.30. The van der Waals surface area contributed by atoms with Gasteiger partial charge in [-0.2, -0.15) is 0 Å². The lowest BCUT2D eigenvalue weighted by atomic mass is 9.84. The molecule has 1 saturated carbocycles. The van der Waals surface area contributed by atoms with Crippen LogP contribution in [0, 0.1) is 19.8 Å². The Morgan fingerprint density at radius 1 is 1.11 bits per heavy atom. The molecule has 1 aliphatic rings. The van der Waals surface area contributed by atoms with Crippen LogP contribution < -0.4 is 5.32 Å². The SMILES string of the molecule is CNC(CCC1CCCCC1)c1ccc(C)c(C)c1. The Balaban J connectivity index is 1.93. The summed E-state index contributed by atoms with van der Waals surface area (Å²) in [6.07, 6.45) is 9.97. The molecule has 0 amide bonds. The molecule has 0 aromatic heterocycles. The van der Waals surface area contributed by atoms with Crippen LogP contribution in [0.3, 0.4) is 0 Å². The molecular weight excluding hydrogens is 230 g/mol. The van der Waals surface area contributed by atoms with Crippen molar-refractivity contribution in [2.45, 2.75) is 64.8 Å². The van der Waals surface area contributed by atoms with Crippen LogP contribution in [0.1, 0.15) is 67.7 Å². The third-order valence-corrected chi connectivity index (χ3v) is 4.87. The standard InChI is InChI=1S/C18H29N/c1-14-9-11-17(13-15(14)2)18(19-3)12-10-16-7-5-4-6-8-16/h9,11,13,16,18-19H,4-8,10,12H2,1-3H3. The summed E-state index contributed by atoms with van der Waals surface area (Å²) in [4.78, 5) is 0. The molecule has 0 spiro atoms. The predicted octanol–water partition coefficient (Wildman–Crippen LogP) is 4.92. The Morgan fingerprint density at radius 3 is 2.47 bits per heavy atom. The number of hydrogen-bond acceptors (Lipinski definition) is 1. The zero-order valence-corrected chi connectivity index (χ0v) is 12.8. The zero-order valence-electron chi connectivity index (χ0n) is 12.8. The summed E-state index contributed by atoms with van der Waals surface area (Å²) in [5.74, 6) is 0.983. The lowest BCUT2D eigenvalue weighted by Crippen LogP contribution is -2.18. The number of benzene rings is 1. The second-order valence-corrected chi connectivity index (χ2v) is 6.27. The third kappa shape index (κ3) is 4.07. The summed E-state index contributed by atoms with van der Waals surface area (Å²) in [6.45, 7) is 4.40. The van der Waals surface area contributed by atoms with E-state index in [0.717, 1.165) is 5.92 Å². The molecule has 1 atom stereocenters. The fourth-order valence-corrected chi connectivity index (χ4v) is 3.34. The van der Waals surface area contributed by atoms with Crippen LogP contribution in [0.15, 0.2) is 18.2 Å². The summed E-state index contributed by atoms with van der Waals surface area (Å²) in [5, 5.41) is 3.50. The van der Waals surface area contributed by atoms with Gasteiger partial charge < -0.3 is 5.32 Å². The Hall–Kier alpha value is -0.820. The van der Waals surface area contributed by atoms with Gasteiger partial charge in [0.1, 0.15) is 0 Å². The van der Waals surface area contributed by atoms with Gasteiger partial charge >= 0.3 is 0 Å². The Bertz CT molecular complexity index is 391. The molecule has 1 unspecified atom stereocenters. The van der Waals surface area contributed by atoms with Crippen molar-refractivity contribution in [2.24, 2.45) is 5.92 Å². The first-order chi connectivity index (χ1) is 9.20. The number of nitrogens with one attached hydrogen (secondary N) is 1. The first-order valence-corrected chi connectivity index (χ1v) is 7.95. The van der Waals surface area contributed by atoms with Crippen molar-refractivity contribution >= 4 is 0 Å². The molecule has 1 N–H and O–H groups in total. The van der Waals surface area contributed by atoms with E-state index in [4.69, 9.17) is 0 Å². The van der Waals surface area contributed by atoms with Crippen LogP contribution in [0.4, 0.5) is 0 Å². The molecule has 1 nitrogen and oxygen atoms in total. The molecule has 1 heteroatoms. The second kappa shape index (κ2) is 7.09. The summed E-state index contributed by atoms with van der Waals surface area (Å²) < 4.78 is 0. The molecule has 1 aromatic rings. The molecule has 106 valence electrons. The van der Waals surface area contributed by atoms with Crippen LogP contribution in [0.5, 0.6) is 0 Å². The lowest BCUT2D eigenvalue weighted by Gasteiger charge is -2.24. The van der Waals surface area contributed by atoms with Crippen LogP contribution in [-0.4, -0.2) is 7.05 Å².